The molecule has 0 saturated carbocycles. The van der Waals surface area contributed by atoms with Gasteiger partial charge in [0.15, 0.2) is 0 Å². The van der Waals surface area contributed by atoms with Crippen molar-refractivity contribution < 1.29 is 21.6 Å². The number of nitrogens with zero attached hydrogens (tertiary/aromatic N) is 1. The van der Waals surface area contributed by atoms with Gasteiger partial charge in [0.25, 0.3) is 0 Å². The fourth-order valence-corrected chi connectivity index (χ4v) is 0.685. The van der Waals surface area contributed by atoms with Crippen LogP contribution < -0.4 is 6.15 Å². The van der Waals surface area contributed by atoms with Gasteiger partial charge >= 0.3 is 35.3 Å². The zero-order valence-corrected chi connectivity index (χ0v) is 11.0. The Balaban J connectivity index is 0. The predicted octanol–water partition coefficient (Wildman–Crippen LogP) is 2.59. The van der Waals surface area contributed by atoms with Gasteiger partial charge < -0.3 is 11.3 Å². The number of halogens is 2. The van der Waals surface area contributed by atoms with Gasteiger partial charge in [-0.25, -0.2) is 0 Å². The number of benzene rings is 1. The minimum absolute atomic E-state index is 0. The molecular weight excluding hydrogens is 406 g/mol. The third kappa shape index (κ3) is 7.32. The third-order valence-electron chi connectivity index (χ3n) is 1.27. The van der Waals surface area contributed by atoms with Crippen molar-refractivity contribution in [2.75, 3.05) is 0 Å². The average Bonchev–Trinajstić information content (AvgIpc) is 2.19. The van der Waals surface area contributed by atoms with E-state index in [2.05, 4.69) is 0 Å². The van der Waals surface area contributed by atoms with Crippen LogP contribution in [-0.4, -0.2) is 5.11 Å². The van der Waals surface area contributed by atoms with Gasteiger partial charge in [0, 0.05) is 0 Å². The number of hydrogen-bond acceptors (Lipinski definition) is 3. The normalized spacial score (nSPS) is 7.86. The molecule has 0 radical (unpaired) electrons. The summed E-state index contributed by atoms with van der Waals surface area (Å²) in [5, 5.41) is 17.0. The molecule has 0 amide bonds. The third-order valence-corrected chi connectivity index (χ3v) is 1.27. The van der Waals surface area contributed by atoms with E-state index in [1.54, 1.807) is 24.3 Å². The Bertz CT molecular complexity index is 274. The maximum atomic E-state index is 8.62. The van der Waals surface area contributed by atoms with Crippen molar-refractivity contribution in [3.05, 3.63) is 35.4 Å². The molecule has 1 rings (SSSR count). The van der Waals surface area contributed by atoms with Gasteiger partial charge in [0.1, 0.15) is 0 Å². The zero-order valence-electron chi connectivity index (χ0n) is 7.19. The Morgan fingerprint density at radius 1 is 1.29 bits per heavy atom. The molecule has 0 atom stereocenters. The van der Waals surface area contributed by atoms with E-state index in [0.29, 0.717) is 5.56 Å². The van der Waals surface area contributed by atoms with E-state index < -0.39 is 16.5 Å². The van der Waals surface area contributed by atoms with Gasteiger partial charge in [-0.15, -0.1) is 0 Å². The predicted molar refractivity (Wildman–Crippen MR) is 53.8 cm³/mol. The van der Waals surface area contributed by atoms with E-state index in [-0.39, 0.29) is 12.8 Å². The molecule has 1 aromatic carbocycles. The summed E-state index contributed by atoms with van der Waals surface area (Å²) in [6.07, 6.45) is 0. The number of nitriles is 1. The van der Waals surface area contributed by atoms with E-state index in [1.807, 2.05) is 6.07 Å². The minimum atomic E-state index is -0.472. The molecule has 0 aromatic heterocycles. The first-order valence-corrected chi connectivity index (χ1v) is 8.83. The van der Waals surface area contributed by atoms with Crippen LogP contribution in [-0.2, 0) is 23.1 Å². The fraction of sp³-hybridized carbons (Fsp3) is 0.125. The number of aliphatic hydroxyl groups is 1. The summed E-state index contributed by atoms with van der Waals surface area (Å²) in [5.41, 5.74) is 1.45. The Kier molecular flexibility index (Phi) is 12.8. The van der Waals surface area contributed by atoms with Gasteiger partial charge in [-0.3, -0.25) is 0 Å². The van der Waals surface area contributed by atoms with Crippen molar-refractivity contribution in [2.45, 2.75) is 6.61 Å². The Hall–Kier alpha value is -0.102. The average molecular weight is 416 g/mol. The van der Waals surface area contributed by atoms with Crippen LogP contribution in [0, 0.1) is 11.3 Å². The molecule has 0 bridgehead atoms. The quantitative estimate of drug-likeness (QED) is 0.739. The van der Waals surface area contributed by atoms with Crippen LogP contribution in [0.4, 0.5) is 0 Å². The van der Waals surface area contributed by atoms with Crippen molar-refractivity contribution in [1.82, 2.24) is 6.15 Å². The van der Waals surface area contributed by atoms with Crippen LogP contribution in [0.3, 0.4) is 0 Å². The summed E-state index contributed by atoms with van der Waals surface area (Å²) >= 11 is -0.472. The molecule has 0 aliphatic rings. The molecule has 1 aromatic rings. The van der Waals surface area contributed by atoms with Crippen LogP contribution in [0.25, 0.3) is 0 Å². The second-order valence-electron chi connectivity index (χ2n) is 2.01. The van der Waals surface area contributed by atoms with E-state index in [4.69, 9.17) is 29.2 Å². The van der Waals surface area contributed by atoms with Gasteiger partial charge in [-0.05, 0) is 17.7 Å². The molecule has 0 saturated heterocycles. The van der Waals surface area contributed by atoms with Crippen LogP contribution >= 0.6 is 18.8 Å². The summed E-state index contributed by atoms with van der Waals surface area (Å²) < 4.78 is 0. The Morgan fingerprint density at radius 2 is 1.71 bits per heavy atom. The monoisotopic (exact) mass is 415 g/mol. The molecule has 6 heteroatoms. The first-order valence-electron chi connectivity index (χ1n) is 3.20. The summed E-state index contributed by atoms with van der Waals surface area (Å²) in [7, 11) is 9.75. The van der Waals surface area contributed by atoms with E-state index in [9.17, 15) is 0 Å². The number of rotatable bonds is 1. The SMILES string of the molecule is N.N#Cc1ccc(CO)cc1.[Cl][Pt][Cl]. The van der Waals surface area contributed by atoms with E-state index >= 15 is 0 Å². The van der Waals surface area contributed by atoms with Crippen LogP contribution in [0.5, 0.6) is 0 Å². The molecule has 0 spiro atoms. The Morgan fingerprint density at radius 3 is 2.00 bits per heavy atom. The maximum absolute atomic E-state index is 8.62. The Labute approximate surface area is 99.6 Å². The van der Waals surface area contributed by atoms with Crippen LogP contribution in [0.15, 0.2) is 24.3 Å². The number of hydrogen-bond donors (Lipinski definition) is 2. The summed E-state index contributed by atoms with van der Waals surface area (Å²) in [6, 6.07) is 8.84. The van der Waals surface area contributed by atoms with Gasteiger partial charge in [-0.2, -0.15) is 5.26 Å². The first-order chi connectivity index (χ1) is 6.28. The molecule has 0 aliphatic heterocycles. The van der Waals surface area contributed by atoms with Crippen molar-refractivity contribution in [2.24, 2.45) is 0 Å². The molecule has 0 unspecified atom stereocenters. The van der Waals surface area contributed by atoms with Crippen molar-refractivity contribution in [3.8, 4) is 6.07 Å². The van der Waals surface area contributed by atoms with Gasteiger partial charge in [-0.1, -0.05) is 12.1 Å². The van der Waals surface area contributed by atoms with Crippen molar-refractivity contribution in [1.29, 1.82) is 5.26 Å². The molecular formula is C8H10Cl2N2OPt. The van der Waals surface area contributed by atoms with E-state index in [1.165, 1.54) is 0 Å². The van der Waals surface area contributed by atoms with Crippen molar-refractivity contribution >= 4 is 18.8 Å². The summed E-state index contributed by atoms with van der Waals surface area (Å²) in [5.74, 6) is 0. The summed E-state index contributed by atoms with van der Waals surface area (Å²) in [4.78, 5) is 0. The molecule has 3 nitrogen and oxygen atoms in total. The van der Waals surface area contributed by atoms with Crippen LogP contribution in [0.1, 0.15) is 11.1 Å². The molecule has 14 heavy (non-hydrogen) atoms. The van der Waals surface area contributed by atoms with Gasteiger partial charge in [0.2, 0.25) is 0 Å². The molecule has 0 heterocycles. The number of aliphatic hydroxyl groups excluding tert-OH is 1. The van der Waals surface area contributed by atoms with E-state index in [0.717, 1.165) is 5.56 Å². The molecule has 0 aliphatic carbocycles. The van der Waals surface area contributed by atoms with Gasteiger partial charge in [0.05, 0.1) is 18.2 Å². The molecule has 82 valence electrons. The first kappa shape index (κ1) is 16.3. The molecule has 0 fully saturated rings. The van der Waals surface area contributed by atoms with Crippen molar-refractivity contribution in [3.63, 3.8) is 0 Å². The van der Waals surface area contributed by atoms with Crippen LogP contribution in [0.2, 0.25) is 0 Å². The topological polar surface area (TPSA) is 79.0 Å². The molecule has 4 N–H and O–H groups in total. The second-order valence-corrected chi connectivity index (χ2v) is 5.29. The second kappa shape index (κ2) is 11.0. The fourth-order valence-electron chi connectivity index (χ4n) is 0.685. The standard InChI is InChI=1S/C8H7NO.2ClH.H3N.Pt/c9-5-7-1-3-8(6-10)4-2-7;;;;/h1-4,10H,6H2;2*1H;1H3;/q;;;;+2/p-2. The summed E-state index contributed by atoms with van der Waals surface area (Å²) in [6.45, 7) is 0.0334. The zero-order chi connectivity index (χ0) is 10.1.